The zero-order valence-corrected chi connectivity index (χ0v) is 17.8. The molecule has 1 fully saturated rings. The Hall–Kier alpha value is -3.30. The SMILES string of the molecule is C=C(N[C@H](C)C(F)(F)F)c1ccc2c(n1)N(C(=C)Nc1ccc(F)c(C)n1)[C@H]1CCN2C1. The molecule has 170 valence electrons. The highest BCUT2D eigenvalue weighted by Gasteiger charge is 2.39. The molecule has 4 rings (SSSR count). The molecule has 0 amide bonds. The molecule has 10 heteroatoms. The number of aryl methyl sites for hydroxylation is 1. The van der Waals surface area contributed by atoms with Crippen molar-refractivity contribution in [1.82, 2.24) is 15.3 Å². The van der Waals surface area contributed by atoms with Crippen molar-refractivity contribution in [3.63, 3.8) is 0 Å². The summed E-state index contributed by atoms with van der Waals surface area (Å²) in [6.07, 6.45) is -3.53. The number of pyridine rings is 2. The van der Waals surface area contributed by atoms with Crippen molar-refractivity contribution in [3.8, 4) is 0 Å². The third kappa shape index (κ3) is 4.09. The molecule has 32 heavy (non-hydrogen) atoms. The molecule has 0 aromatic carbocycles. The van der Waals surface area contributed by atoms with E-state index in [1.807, 2.05) is 11.0 Å². The first-order valence-corrected chi connectivity index (χ1v) is 10.2. The molecular weight excluding hydrogens is 424 g/mol. The van der Waals surface area contributed by atoms with Crippen molar-refractivity contribution in [1.29, 1.82) is 0 Å². The van der Waals surface area contributed by atoms with Gasteiger partial charge in [0.05, 0.1) is 28.8 Å². The molecule has 2 bridgehead atoms. The van der Waals surface area contributed by atoms with Gasteiger partial charge in [-0.2, -0.15) is 13.2 Å². The standard InChI is InChI=1S/C22H24F4N6/c1-12-17(23)5-8-20(28-12)29-15(4)32-16-9-10-31(11-16)19-7-6-18(30-21(19)32)13(2)27-14(3)22(24,25)26/h5-8,14,16,27H,2,4,9-11H2,1,3H3,(H,28,29)/t14-,16+/m1/s1. The highest BCUT2D eigenvalue weighted by atomic mass is 19.4. The van der Waals surface area contributed by atoms with Crippen LogP contribution in [0.5, 0.6) is 0 Å². The molecule has 2 N–H and O–H groups in total. The van der Waals surface area contributed by atoms with Crippen LogP contribution in [0.4, 0.5) is 34.9 Å². The van der Waals surface area contributed by atoms with E-state index in [9.17, 15) is 17.6 Å². The van der Waals surface area contributed by atoms with Gasteiger partial charge in [0, 0.05) is 13.1 Å². The third-order valence-corrected chi connectivity index (χ3v) is 5.73. The smallest absolute Gasteiger partial charge is 0.373 e. The predicted octanol–water partition coefficient (Wildman–Crippen LogP) is 4.42. The maximum absolute atomic E-state index is 13.6. The minimum absolute atomic E-state index is 0.0832. The molecule has 0 unspecified atom stereocenters. The lowest BCUT2D eigenvalue weighted by atomic mass is 10.1. The van der Waals surface area contributed by atoms with Crippen LogP contribution in [0.2, 0.25) is 0 Å². The highest BCUT2D eigenvalue weighted by Crippen LogP contribution is 2.41. The van der Waals surface area contributed by atoms with Gasteiger partial charge in [-0.05, 0) is 44.5 Å². The molecule has 1 saturated heterocycles. The van der Waals surface area contributed by atoms with Crippen molar-refractivity contribution in [2.45, 2.75) is 38.5 Å². The minimum atomic E-state index is -4.40. The number of nitrogens with zero attached hydrogens (tertiary/aromatic N) is 4. The monoisotopic (exact) mass is 448 g/mol. The lowest BCUT2D eigenvalue weighted by Gasteiger charge is -2.38. The summed E-state index contributed by atoms with van der Waals surface area (Å²) in [6, 6.07) is 4.68. The summed E-state index contributed by atoms with van der Waals surface area (Å²) in [5, 5.41) is 5.49. The lowest BCUT2D eigenvalue weighted by Crippen LogP contribution is -2.44. The van der Waals surface area contributed by atoms with Crippen LogP contribution < -0.4 is 20.4 Å². The zero-order valence-electron chi connectivity index (χ0n) is 17.8. The molecule has 4 heterocycles. The number of hydrogen-bond donors (Lipinski definition) is 2. The number of rotatable bonds is 6. The van der Waals surface area contributed by atoms with Gasteiger partial charge in [-0.25, -0.2) is 14.4 Å². The summed E-state index contributed by atoms with van der Waals surface area (Å²) in [5.74, 6) is 1.12. The third-order valence-electron chi connectivity index (χ3n) is 5.73. The van der Waals surface area contributed by atoms with Crippen molar-refractivity contribution in [2.24, 2.45) is 0 Å². The maximum atomic E-state index is 13.6. The van der Waals surface area contributed by atoms with Gasteiger partial charge in [0.15, 0.2) is 5.82 Å². The number of aromatic nitrogens is 2. The van der Waals surface area contributed by atoms with Crippen LogP contribution in [-0.2, 0) is 0 Å². The highest BCUT2D eigenvalue weighted by molar-refractivity contribution is 5.77. The zero-order chi connectivity index (χ0) is 23.2. The lowest BCUT2D eigenvalue weighted by molar-refractivity contribution is -0.148. The van der Waals surface area contributed by atoms with Crippen molar-refractivity contribution < 1.29 is 17.6 Å². The van der Waals surface area contributed by atoms with E-state index >= 15 is 0 Å². The molecular formula is C22H24F4N6. The Morgan fingerprint density at radius 1 is 1.19 bits per heavy atom. The average molecular weight is 448 g/mol. The second kappa shape index (κ2) is 7.99. The van der Waals surface area contributed by atoms with Gasteiger partial charge in [-0.3, -0.25) is 0 Å². The summed E-state index contributed by atoms with van der Waals surface area (Å²) in [5.41, 5.74) is 1.52. The fourth-order valence-corrected chi connectivity index (χ4v) is 3.96. The fourth-order valence-electron chi connectivity index (χ4n) is 3.96. The predicted molar refractivity (Wildman–Crippen MR) is 117 cm³/mol. The molecule has 2 aromatic rings. The first-order valence-electron chi connectivity index (χ1n) is 10.2. The summed E-state index contributed by atoms with van der Waals surface area (Å²) in [7, 11) is 0. The van der Waals surface area contributed by atoms with E-state index in [0.29, 0.717) is 23.2 Å². The van der Waals surface area contributed by atoms with Crippen LogP contribution in [0.25, 0.3) is 5.70 Å². The largest absolute Gasteiger partial charge is 0.408 e. The Labute approximate surface area is 183 Å². The van der Waals surface area contributed by atoms with E-state index in [1.165, 1.54) is 12.1 Å². The molecule has 2 aromatic heterocycles. The Morgan fingerprint density at radius 3 is 2.62 bits per heavy atom. The first-order chi connectivity index (χ1) is 15.0. The topological polar surface area (TPSA) is 56.3 Å². The van der Waals surface area contributed by atoms with E-state index in [4.69, 9.17) is 0 Å². The molecule has 2 aliphatic rings. The van der Waals surface area contributed by atoms with E-state index in [1.54, 1.807) is 13.0 Å². The van der Waals surface area contributed by atoms with Gasteiger partial charge in [-0.15, -0.1) is 0 Å². The van der Waals surface area contributed by atoms with Gasteiger partial charge < -0.3 is 20.4 Å². The van der Waals surface area contributed by atoms with Crippen molar-refractivity contribution in [3.05, 3.63) is 60.4 Å². The van der Waals surface area contributed by atoms with Crippen LogP contribution in [0.3, 0.4) is 0 Å². The molecule has 6 nitrogen and oxygen atoms in total. The normalized spacial score (nSPS) is 18.2. The van der Waals surface area contributed by atoms with Crippen molar-refractivity contribution in [2.75, 3.05) is 28.2 Å². The van der Waals surface area contributed by atoms with Crippen LogP contribution in [0.1, 0.15) is 24.7 Å². The quantitative estimate of drug-likeness (QED) is 0.639. The minimum Gasteiger partial charge on any atom is -0.373 e. The van der Waals surface area contributed by atoms with Gasteiger partial charge in [0.2, 0.25) is 0 Å². The van der Waals surface area contributed by atoms with E-state index in [2.05, 4.69) is 38.7 Å². The van der Waals surface area contributed by atoms with E-state index in [0.717, 1.165) is 32.1 Å². The van der Waals surface area contributed by atoms with Crippen molar-refractivity contribution >= 4 is 23.0 Å². The van der Waals surface area contributed by atoms with E-state index in [-0.39, 0.29) is 17.4 Å². The molecule has 0 aliphatic carbocycles. The van der Waals surface area contributed by atoms with Gasteiger partial charge >= 0.3 is 6.18 Å². The summed E-state index contributed by atoms with van der Waals surface area (Å²) < 4.78 is 52.4. The number of fused-ring (bicyclic) bond motifs is 4. The number of hydrogen-bond acceptors (Lipinski definition) is 6. The number of alkyl halides is 3. The van der Waals surface area contributed by atoms with Gasteiger partial charge in [0.25, 0.3) is 0 Å². The maximum Gasteiger partial charge on any atom is 0.408 e. The molecule has 2 aliphatic heterocycles. The Morgan fingerprint density at radius 2 is 1.94 bits per heavy atom. The fraction of sp³-hybridized carbons (Fsp3) is 0.364. The molecule has 0 spiro atoms. The summed E-state index contributed by atoms with van der Waals surface area (Å²) in [6.45, 7) is 12.1. The summed E-state index contributed by atoms with van der Waals surface area (Å²) in [4.78, 5) is 13.0. The number of anilines is 3. The van der Waals surface area contributed by atoms with Crippen LogP contribution in [0.15, 0.2) is 43.2 Å². The average Bonchev–Trinajstić information content (AvgIpc) is 3.14. The molecule has 2 atom stereocenters. The number of halogens is 4. The second-order valence-corrected chi connectivity index (χ2v) is 8.02. The van der Waals surface area contributed by atoms with Crippen LogP contribution in [0, 0.1) is 12.7 Å². The van der Waals surface area contributed by atoms with E-state index < -0.39 is 18.0 Å². The second-order valence-electron chi connectivity index (χ2n) is 8.02. The Kier molecular flexibility index (Phi) is 5.47. The number of nitrogens with one attached hydrogen (secondary N) is 2. The Balaban J connectivity index is 1.63. The summed E-state index contributed by atoms with van der Waals surface area (Å²) >= 11 is 0. The van der Waals surface area contributed by atoms with Gasteiger partial charge in [-0.1, -0.05) is 13.2 Å². The van der Waals surface area contributed by atoms with Crippen LogP contribution >= 0.6 is 0 Å². The molecule has 0 saturated carbocycles. The first kappa shape index (κ1) is 21.9. The Bertz CT molecular complexity index is 1070. The van der Waals surface area contributed by atoms with Gasteiger partial charge in [0.1, 0.15) is 23.5 Å². The van der Waals surface area contributed by atoms with Crippen LogP contribution in [-0.4, -0.2) is 41.3 Å². The molecule has 0 radical (unpaired) electrons.